The Hall–Kier alpha value is -0.780. The predicted octanol–water partition coefficient (Wildman–Crippen LogP) is 3.33. The summed E-state index contributed by atoms with van der Waals surface area (Å²) in [4.78, 5) is 0. The molecule has 0 N–H and O–H groups in total. The normalized spacial score (nSPS) is 39.2. The second kappa shape index (κ2) is 2.93. The first-order valence-electron chi connectivity index (χ1n) is 4.80. The summed E-state index contributed by atoms with van der Waals surface area (Å²) in [5.41, 5.74) is 1.57. The number of hydrogen-bond acceptors (Lipinski definition) is 0. The predicted molar refractivity (Wildman–Crippen MR) is 52.8 cm³/mol. The van der Waals surface area contributed by atoms with Crippen LogP contribution in [0.4, 0.5) is 0 Å². The van der Waals surface area contributed by atoms with Crippen LogP contribution in [-0.4, -0.2) is 0 Å². The van der Waals surface area contributed by atoms with Crippen LogP contribution in [0.3, 0.4) is 0 Å². The van der Waals surface area contributed by atoms with E-state index in [-0.39, 0.29) is 0 Å². The maximum Gasteiger partial charge on any atom is 0.00155 e. The molecule has 0 spiro atoms. The van der Waals surface area contributed by atoms with E-state index < -0.39 is 0 Å². The van der Waals surface area contributed by atoms with Gasteiger partial charge in [0, 0.05) is 5.92 Å². The second-order valence-corrected chi connectivity index (χ2v) is 4.06. The molecular weight excluding hydrogens is 144 g/mol. The minimum Gasteiger partial charge on any atom is -0.0805 e. The van der Waals surface area contributed by atoms with Crippen LogP contribution < -0.4 is 0 Å². The van der Waals surface area contributed by atoms with Crippen LogP contribution in [0.5, 0.6) is 0 Å². The molecule has 0 heteroatoms. The van der Waals surface area contributed by atoms with Gasteiger partial charge in [-0.05, 0) is 25.2 Å². The van der Waals surface area contributed by atoms with Gasteiger partial charge in [0.1, 0.15) is 0 Å². The van der Waals surface area contributed by atoms with Gasteiger partial charge in [-0.3, -0.25) is 0 Å². The average Bonchev–Trinajstić information content (AvgIpc) is 2.07. The Morgan fingerprint density at radius 1 is 1.25 bits per heavy atom. The molecule has 0 nitrogen and oxygen atoms in total. The third kappa shape index (κ3) is 1.26. The van der Waals surface area contributed by atoms with E-state index in [2.05, 4.69) is 44.2 Å². The third-order valence-corrected chi connectivity index (χ3v) is 3.16. The van der Waals surface area contributed by atoms with Crippen LogP contribution in [0.1, 0.15) is 20.3 Å². The monoisotopic (exact) mass is 160 g/mol. The van der Waals surface area contributed by atoms with Crippen LogP contribution in [-0.2, 0) is 0 Å². The maximum atomic E-state index is 2.43. The standard InChI is InChI=1S/C12H16/c1-9-7-11-5-3-4-6-12(11)8-10(9)2/h3-7,10-12H,8H2,1-2H3. The summed E-state index contributed by atoms with van der Waals surface area (Å²) >= 11 is 0. The molecule has 0 aromatic carbocycles. The van der Waals surface area contributed by atoms with E-state index in [1.807, 2.05) is 0 Å². The Morgan fingerprint density at radius 2 is 2.00 bits per heavy atom. The van der Waals surface area contributed by atoms with Gasteiger partial charge < -0.3 is 0 Å². The van der Waals surface area contributed by atoms with Gasteiger partial charge in [0.25, 0.3) is 0 Å². The molecule has 0 aromatic heterocycles. The lowest BCUT2D eigenvalue weighted by Gasteiger charge is -2.30. The topological polar surface area (TPSA) is 0 Å². The summed E-state index contributed by atoms with van der Waals surface area (Å²) in [6.07, 6.45) is 12.8. The van der Waals surface area contributed by atoms with Crippen molar-refractivity contribution in [2.75, 3.05) is 0 Å². The lowest BCUT2D eigenvalue weighted by atomic mass is 9.74. The van der Waals surface area contributed by atoms with E-state index >= 15 is 0 Å². The molecule has 2 aliphatic rings. The van der Waals surface area contributed by atoms with E-state index in [0.717, 1.165) is 11.8 Å². The summed E-state index contributed by atoms with van der Waals surface area (Å²) in [5.74, 6) is 2.24. The SMILES string of the molecule is CC1=CC2C=CC=CC2CC1C. The lowest BCUT2D eigenvalue weighted by molar-refractivity contribution is 0.408. The zero-order valence-electron chi connectivity index (χ0n) is 7.83. The smallest absolute Gasteiger partial charge is 0.00155 e. The van der Waals surface area contributed by atoms with Gasteiger partial charge in [0.15, 0.2) is 0 Å². The van der Waals surface area contributed by atoms with Crippen LogP contribution in [0, 0.1) is 17.8 Å². The molecule has 64 valence electrons. The maximum absolute atomic E-state index is 2.43. The zero-order chi connectivity index (χ0) is 8.55. The van der Waals surface area contributed by atoms with Crippen molar-refractivity contribution in [1.29, 1.82) is 0 Å². The Kier molecular flexibility index (Phi) is 1.92. The molecule has 12 heavy (non-hydrogen) atoms. The van der Waals surface area contributed by atoms with Gasteiger partial charge in [-0.2, -0.15) is 0 Å². The molecule has 0 amide bonds. The molecule has 2 rings (SSSR count). The molecular formula is C12H16. The van der Waals surface area contributed by atoms with Gasteiger partial charge >= 0.3 is 0 Å². The van der Waals surface area contributed by atoms with Crippen molar-refractivity contribution >= 4 is 0 Å². The minimum atomic E-state index is 0.686. The van der Waals surface area contributed by atoms with Crippen molar-refractivity contribution in [2.45, 2.75) is 20.3 Å². The molecule has 3 atom stereocenters. The van der Waals surface area contributed by atoms with Crippen molar-refractivity contribution in [2.24, 2.45) is 17.8 Å². The summed E-state index contributed by atoms with van der Waals surface area (Å²) in [6, 6.07) is 0. The number of rotatable bonds is 0. The molecule has 2 aliphatic carbocycles. The zero-order valence-corrected chi connectivity index (χ0v) is 7.83. The van der Waals surface area contributed by atoms with Gasteiger partial charge in [0.05, 0.1) is 0 Å². The molecule has 0 aliphatic heterocycles. The number of fused-ring (bicyclic) bond motifs is 1. The summed E-state index contributed by atoms with van der Waals surface area (Å²) < 4.78 is 0. The molecule has 0 fully saturated rings. The second-order valence-electron chi connectivity index (χ2n) is 4.06. The molecule has 3 unspecified atom stereocenters. The van der Waals surface area contributed by atoms with Gasteiger partial charge in [-0.25, -0.2) is 0 Å². The third-order valence-electron chi connectivity index (χ3n) is 3.16. The summed E-state index contributed by atoms with van der Waals surface area (Å²) in [7, 11) is 0. The van der Waals surface area contributed by atoms with Crippen LogP contribution in [0.25, 0.3) is 0 Å². The van der Waals surface area contributed by atoms with Crippen LogP contribution >= 0.6 is 0 Å². The highest BCUT2D eigenvalue weighted by Gasteiger charge is 2.24. The summed E-state index contributed by atoms with van der Waals surface area (Å²) in [6.45, 7) is 4.58. The fraction of sp³-hybridized carbons (Fsp3) is 0.500. The van der Waals surface area contributed by atoms with Crippen molar-refractivity contribution in [1.82, 2.24) is 0 Å². The van der Waals surface area contributed by atoms with E-state index in [1.54, 1.807) is 5.57 Å². The molecule has 0 heterocycles. The largest absolute Gasteiger partial charge is 0.0805 e. The van der Waals surface area contributed by atoms with E-state index in [1.165, 1.54) is 6.42 Å². The van der Waals surface area contributed by atoms with Crippen LogP contribution in [0.15, 0.2) is 36.0 Å². The van der Waals surface area contributed by atoms with Gasteiger partial charge in [-0.1, -0.05) is 42.9 Å². The first-order valence-corrected chi connectivity index (χ1v) is 4.80. The number of allylic oxidation sites excluding steroid dienone is 6. The Bertz CT molecular complexity index is 255. The first kappa shape index (κ1) is 7.85. The average molecular weight is 160 g/mol. The van der Waals surface area contributed by atoms with Gasteiger partial charge in [0.2, 0.25) is 0 Å². The van der Waals surface area contributed by atoms with E-state index in [0.29, 0.717) is 5.92 Å². The Balaban J connectivity index is 2.25. The Morgan fingerprint density at radius 3 is 2.83 bits per heavy atom. The molecule has 0 aromatic rings. The minimum absolute atomic E-state index is 0.686. The summed E-state index contributed by atoms with van der Waals surface area (Å²) in [5, 5.41) is 0. The van der Waals surface area contributed by atoms with Crippen molar-refractivity contribution in [3.63, 3.8) is 0 Å². The fourth-order valence-corrected chi connectivity index (χ4v) is 2.15. The first-order chi connectivity index (χ1) is 5.77. The van der Waals surface area contributed by atoms with Crippen molar-refractivity contribution in [3.05, 3.63) is 36.0 Å². The van der Waals surface area contributed by atoms with Crippen LogP contribution in [0.2, 0.25) is 0 Å². The lowest BCUT2D eigenvalue weighted by Crippen LogP contribution is -2.20. The molecule has 0 bridgehead atoms. The highest BCUT2D eigenvalue weighted by molar-refractivity contribution is 5.24. The highest BCUT2D eigenvalue weighted by Crippen LogP contribution is 2.35. The highest BCUT2D eigenvalue weighted by atomic mass is 14.3. The fourth-order valence-electron chi connectivity index (χ4n) is 2.15. The molecule has 0 saturated heterocycles. The molecule has 0 radical (unpaired) electrons. The quantitative estimate of drug-likeness (QED) is 0.477. The van der Waals surface area contributed by atoms with E-state index in [9.17, 15) is 0 Å². The molecule has 0 saturated carbocycles. The van der Waals surface area contributed by atoms with Crippen molar-refractivity contribution in [3.8, 4) is 0 Å². The van der Waals surface area contributed by atoms with Crippen molar-refractivity contribution < 1.29 is 0 Å². The Labute approximate surface area is 74.7 Å². The van der Waals surface area contributed by atoms with E-state index in [4.69, 9.17) is 0 Å². The van der Waals surface area contributed by atoms with Gasteiger partial charge in [-0.15, -0.1) is 0 Å². The number of hydrogen-bond donors (Lipinski definition) is 0.